The van der Waals surface area contributed by atoms with E-state index in [1.165, 1.54) is 0 Å². The Labute approximate surface area is 169 Å². The summed E-state index contributed by atoms with van der Waals surface area (Å²) in [5, 5.41) is 0.908. The predicted octanol–water partition coefficient (Wildman–Crippen LogP) is 3.21. The zero-order valence-electron chi connectivity index (χ0n) is 15.1. The van der Waals surface area contributed by atoms with Crippen molar-refractivity contribution >= 4 is 38.6 Å². The molecule has 4 heterocycles. The third-order valence-electron chi connectivity index (χ3n) is 5.32. The zero-order valence-corrected chi connectivity index (χ0v) is 16.7. The zero-order chi connectivity index (χ0) is 19.4. The first kappa shape index (κ1) is 17.4. The van der Waals surface area contributed by atoms with E-state index in [1.54, 1.807) is 24.2 Å². The second-order valence-electron chi connectivity index (χ2n) is 6.96. The van der Waals surface area contributed by atoms with E-state index in [1.807, 2.05) is 18.2 Å². The molecule has 1 amide bonds. The second kappa shape index (κ2) is 6.42. The van der Waals surface area contributed by atoms with Crippen LogP contribution in [0.3, 0.4) is 0 Å². The van der Waals surface area contributed by atoms with Crippen LogP contribution in [0.15, 0.2) is 34.9 Å². The predicted molar refractivity (Wildman–Crippen MR) is 107 cm³/mol. The van der Waals surface area contributed by atoms with Crippen LogP contribution >= 0.6 is 15.9 Å². The van der Waals surface area contributed by atoms with Crippen LogP contribution in [0, 0.1) is 0 Å². The van der Waals surface area contributed by atoms with Gasteiger partial charge in [-0.15, -0.1) is 0 Å². The van der Waals surface area contributed by atoms with Crippen LogP contribution in [-0.2, 0) is 18.0 Å². The summed E-state index contributed by atoms with van der Waals surface area (Å²) >= 11 is 3.39. The number of nitrogens with zero attached hydrogens (tertiary/aromatic N) is 3. The first-order valence-electron chi connectivity index (χ1n) is 8.87. The summed E-state index contributed by atoms with van der Waals surface area (Å²) in [6.45, 7) is 1.32. The fourth-order valence-corrected chi connectivity index (χ4v) is 4.10. The van der Waals surface area contributed by atoms with Gasteiger partial charge in [0.2, 0.25) is 0 Å². The first-order valence-corrected chi connectivity index (χ1v) is 9.66. The number of anilines is 1. The highest BCUT2D eigenvalue weighted by Gasteiger charge is 2.32. The lowest BCUT2D eigenvalue weighted by molar-refractivity contribution is 0.0706. The molecule has 2 aliphatic rings. The van der Waals surface area contributed by atoms with E-state index in [2.05, 4.69) is 25.9 Å². The number of amides is 1. The van der Waals surface area contributed by atoms with Crippen LogP contribution in [-0.4, -0.2) is 34.4 Å². The number of ether oxygens (including phenoxy) is 2. The van der Waals surface area contributed by atoms with Crippen molar-refractivity contribution in [1.82, 2.24) is 14.9 Å². The average molecular weight is 441 g/mol. The van der Waals surface area contributed by atoms with Crippen molar-refractivity contribution in [3.63, 3.8) is 0 Å². The molecule has 28 heavy (non-hydrogen) atoms. The van der Waals surface area contributed by atoms with Crippen molar-refractivity contribution < 1.29 is 14.3 Å². The quantitative estimate of drug-likeness (QED) is 0.657. The lowest BCUT2D eigenvalue weighted by Crippen LogP contribution is -2.32. The van der Waals surface area contributed by atoms with Crippen molar-refractivity contribution in [2.75, 3.05) is 19.4 Å². The molecule has 0 radical (unpaired) electrons. The van der Waals surface area contributed by atoms with Gasteiger partial charge in [0.15, 0.2) is 0 Å². The van der Waals surface area contributed by atoms with Gasteiger partial charge in [-0.1, -0.05) is 0 Å². The number of hydrogen-bond acceptors (Lipinski definition) is 6. The van der Waals surface area contributed by atoms with E-state index in [9.17, 15) is 4.79 Å². The number of nitrogens with two attached hydrogens (primary N) is 1. The Morgan fingerprint density at radius 1 is 1.29 bits per heavy atom. The summed E-state index contributed by atoms with van der Waals surface area (Å²) in [5.41, 5.74) is 10.1. The normalized spacial score (nSPS) is 17.3. The Morgan fingerprint density at radius 2 is 2.11 bits per heavy atom. The minimum Gasteiger partial charge on any atom is -0.489 e. The summed E-state index contributed by atoms with van der Waals surface area (Å²) < 4.78 is 12.1. The highest BCUT2D eigenvalue weighted by Crippen LogP contribution is 2.36. The third-order valence-corrected chi connectivity index (χ3v) is 5.76. The van der Waals surface area contributed by atoms with E-state index in [-0.39, 0.29) is 11.9 Å². The lowest BCUT2D eigenvalue weighted by atomic mass is 10.0. The summed E-state index contributed by atoms with van der Waals surface area (Å²) in [4.78, 5) is 23.7. The second-order valence-corrected chi connectivity index (χ2v) is 7.87. The van der Waals surface area contributed by atoms with Crippen LogP contribution in [0.4, 0.5) is 5.82 Å². The molecule has 2 aromatic heterocycles. The number of rotatable bonds is 2. The molecule has 1 aromatic carbocycles. The standard InChI is InChI=1S/C20H17BrN4O3/c1-25(16-9-28-17-5-11(21)6-23-18(16)17)20(26)10-2-3-15-12(4-10)13-7-27-8-14(13)19(22)24-15/h2-6,16H,7-9H2,1H3,(H2,22,24). The topological polar surface area (TPSA) is 90.6 Å². The molecule has 2 aliphatic heterocycles. The molecule has 0 spiro atoms. The summed E-state index contributed by atoms with van der Waals surface area (Å²) in [5.74, 6) is 1.10. The monoisotopic (exact) mass is 440 g/mol. The molecule has 0 fully saturated rings. The van der Waals surface area contributed by atoms with Crippen molar-refractivity contribution in [3.05, 3.63) is 57.3 Å². The smallest absolute Gasteiger partial charge is 0.254 e. The van der Waals surface area contributed by atoms with Gasteiger partial charge in [0.05, 0.1) is 18.7 Å². The summed E-state index contributed by atoms with van der Waals surface area (Å²) in [6, 6.07) is 7.13. The maximum Gasteiger partial charge on any atom is 0.254 e. The minimum atomic E-state index is -0.232. The maximum absolute atomic E-state index is 13.2. The largest absolute Gasteiger partial charge is 0.489 e. The molecule has 1 atom stereocenters. The van der Waals surface area contributed by atoms with Gasteiger partial charge < -0.3 is 20.1 Å². The van der Waals surface area contributed by atoms with Crippen LogP contribution in [0.1, 0.15) is 33.2 Å². The highest BCUT2D eigenvalue weighted by atomic mass is 79.9. The molecule has 0 bridgehead atoms. The number of benzene rings is 1. The van der Waals surface area contributed by atoms with Crippen LogP contribution in [0.2, 0.25) is 0 Å². The van der Waals surface area contributed by atoms with Crippen molar-refractivity contribution in [3.8, 4) is 5.75 Å². The lowest BCUT2D eigenvalue weighted by Gasteiger charge is -2.23. The highest BCUT2D eigenvalue weighted by molar-refractivity contribution is 9.10. The molecular weight excluding hydrogens is 424 g/mol. The van der Waals surface area contributed by atoms with E-state index in [0.717, 1.165) is 32.2 Å². The molecule has 5 rings (SSSR count). The van der Waals surface area contributed by atoms with Gasteiger partial charge in [0.1, 0.15) is 29.9 Å². The number of carbonyl (C=O) groups is 1. The third kappa shape index (κ3) is 2.63. The van der Waals surface area contributed by atoms with Gasteiger partial charge in [0, 0.05) is 34.2 Å². The molecule has 0 saturated carbocycles. The Balaban J connectivity index is 1.51. The number of hydrogen-bond donors (Lipinski definition) is 1. The number of nitrogen functional groups attached to an aromatic ring is 1. The van der Waals surface area contributed by atoms with Crippen LogP contribution < -0.4 is 10.5 Å². The molecule has 8 heteroatoms. The fraction of sp³-hybridized carbons (Fsp3) is 0.250. The Hall–Kier alpha value is -2.71. The van der Waals surface area contributed by atoms with Crippen LogP contribution in [0.25, 0.3) is 10.9 Å². The van der Waals surface area contributed by atoms with Gasteiger partial charge >= 0.3 is 0 Å². The molecule has 7 nitrogen and oxygen atoms in total. The van der Waals surface area contributed by atoms with E-state index in [0.29, 0.717) is 37.0 Å². The molecule has 0 aliphatic carbocycles. The van der Waals surface area contributed by atoms with Gasteiger partial charge in [0.25, 0.3) is 5.91 Å². The Bertz CT molecular complexity index is 1130. The summed E-state index contributed by atoms with van der Waals surface area (Å²) in [6.07, 6.45) is 1.72. The maximum atomic E-state index is 13.2. The number of likely N-dealkylation sites (N-methyl/N-ethyl adjacent to an activating group) is 1. The van der Waals surface area contributed by atoms with Gasteiger partial charge in [-0.2, -0.15) is 0 Å². The number of pyridine rings is 2. The molecular formula is C20H17BrN4O3. The van der Waals surface area contributed by atoms with Crippen molar-refractivity contribution in [1.29, 1.82) is 0 Å². The Morgan fingerprint density at radius 3 is 2.96 bits per heavy atom. The van der Waals surface area contributed by atoms with Crippen molar-refractivity contribution in [2.24, 2.45) is 0 Å². The van der Waals surface area contributed by atoms with E-state index in [4.69, 9.17) is 15.2 Å². The molecule has 1 unspecified atom stereocenters. The molecule has 0 saturated heterocycles. The van der Waals surface area contributed by atoms with Gasteiger partial charge in [-0.3, -0.25) is 9.78 Å². The van der Waals surface area contributed by atoms with Gasteiger partial charge in [-0.05, 0) is 45.8 Å². The number of halogens is 1. The fourth-order valence-electron chi connectivity index (χ4n) is 3.79. The number of carbonyl (C=O) groups excluding carboxylic acids is 1. The number of aromatic nitrogens is 2. The first-order chi connectivity index (χ1) is 13.5. The Kier molecular flexibility index (Phi) is 3.99. The molecule has 3 aromatic rings. The van der Waals surface area contributed by atoms with Crippen LogP contribution in [0.5, 0.6) is 5.75 Å². The SMILES string of the molecule is CN(C(=O)c1ccc2nc(N)c3c(c2c1)COC3)C1COc2cc(Br)cnc21. The molecule has 2 N–H and O–H groups in total. The van der Waals surface area contributed by atoms with Crippen molar-refractivity contribution in [2.45, 2.75) is 19.3 Å². The molecule has 142 valence electrons. The van der Waals surface area contributed by atoms with Gasteiger partial charge in [-0.25, -0.2) is 4.98 Å². The van der Waals surface area contributed by atoms with E-state index >= 15 is 0 Å². The minimum absolute atomic E-state index is 0.0995. The van der Waals surface area contributed by atoms with E-state index < -0.39 is 0 Å². The number of fused-ring (bicyclic) bond motifs is 4. The average Bonchev–Trinajstić information content (AvgIpc) is 3.34. The summed E-state index contributed by atoms with van der Waals surface area (Å²) in [7, 11) is 1.77.